The lowest BCUT2D eigenvalue weighted by Gasteiger charge is -1.99. The predicted molar refractivity (Wildman–Crippen MR) is 55.6 cm³/mol. The lowest BCUT2D eigenvalue weighted by atomic mass is 10.1. The summed E-state index contributed by atoms with van der Waals surface area (Å²) in [6.45, 7) is 6.13. The molecule has 0 spiro atoms. The van der Waals surface area contributed by atoms with Crippen molar-refractivity contribution >= 4 is 22.8 Å². The van der Waals surface area contributed by atoms with Gasteiger partial charge in [0.1, 0.15) is 16.4 Å². The van der Waals surface area contributed by atoms with Crippen LogP contribution in [-0.4, -0.2) is 9.97 Å². The van der Waals surface area contributed by atoms with Gasteiger partial charge in [0.15, 0.2) is 0 Å². The van der Waals surface area contributed by atoms with Gasteiger partial charge in [-0.25, -0.2) is 9.97 Å². The Kier molecular flexibility index (Phi) is 2.19. The first-order valence-corrected chi connectivity index (χ1v) is 4.89. The van der Waals surface area contributed by atoms with Gasteiger partial charge < -0.3 is 4.42 Å². The fourth-order valence-corrected chi connectivity index (χ4v) is 1.66. The molecular weight excluding hydrogens is 200 g/mol. The van der Waals surface area contributed by atoms with Gasteiger partial charge in [-0.2, -0.15) is 0 Å². The highest BCUT2D eigenvalue weighted by molar-refractivity contribution is 6.29. The summed E-state index contributed by atoms with van der Waals surface area (Å²) in [6.07, 6.45) is 1.50. The van der Waals surface area contributed by atoms with Crippen LogP contribution in [0.2, 0.25) is 5.15 Å². The van der Waals surface area contributed by atoms with Crippen LogP contribution in [0.25, 0.3) is 11.2 Å². The van der Waals surface area contributed by atoms with Gasteiger partial charge in [-0.3, -0.25) is 0 Å². The molecule has 0 unspecified atom stereocenters. The highest BCUT2D eigenvalue weighted by atomic mass is 35.5. The van der Waals surface area contributed by atoms with Gasteiger partial charge >= 0.3 is 0 Å². The average Bonchev–Trinajstić information content (AvgIpc) is 2.44. The highest BCUT2D eigenvalue weighted by Gasteiger charge is 2.15. The zero-order valence-electron chi connectivity index (χ0n) is 8.34. The summed E-state index contributed by atoms with van der Waals surface area (Å²) < 4.78 is 5.58. The second kappa shape index (κ2) is 3.24. The fraction of sp³-hybridized carbons (Fsp3) is 0.400. The van der Waals surface area contributed by atoms with Gasteiger partial charge in [0.25, 0.3) is 0 Å². The van der Waals surface area contributed by atoms with Gasteiger partial charge in [0.05, 0.1) is 6.20 Å². The van der Waals surface area contributed by atoms with Crippen LogP contribution in [0.1, 0.15) is 31.1 Å². The molecule has 0 bridgehead atoms. The molecule has 74 valence electrons. The Morgan fingerprint density at radius 1 is 1.43 bits per heavy atom. The van der Waals surface area contributed by atoms with Gasteiger partial charge in [-0.15, -0.1) is 0 Å². The lowest BCUT2D eigenvalue weighted by molar-refractivity contribution is 0.510. The molecule has 0 aliphatic heterocycles. The van der Waals surface area contributed by atoms with Crippen LogP contribution in [0.3, 0.4) is 0 Å². The van der Waals surface area contributed by atoms with Crippen LogP contribution in [0.5, 0.6) is 0 Å². The maximum Gasteiger partial charge on any atom is 0.245 e. The number of fused-ring (bicyclic) bond motifs is 1. The second-order valence-corrected chi connectivity index (χ2v) is 3.98. The quantitative estimate of drug-likeness (QED) is 0.725. The number of aromatic nitrogens is 2. The average molecular weight is 211 g/mol. The molecule has 0 atom stereocenters. The number of hydrogen-bond donors (Lipinski definition) is 0. The number of nitrogens with zero attached hydrogens (tertiary/aromatic N) is 2. The van der Waals surface area contributed by atoms with Crippen molar-refractivity contribution in [3.8, 4) is 0 Å². The predicted octanol–water partition coefficient (Wildman–Crippen LogP) is 3.31. The maximum absolute atomic E-state index is 5.76. The number of rotatable bonds is 1. The van der Waals surface area contributed by atoms with Crippen LogP contribution in [-0.2, 0) is 0 Å². The first kappa shape index (κ1) is 9.46. The third kappa shape index (κ3) is 1.38. The van der Waals surface area contributed by atoms with E-state index in [9.17, 15) is 0 Å². The van der Waals surface area contributed by atoms with E-state index in [2.05, 4.69) is 23.8 Å². The van der Waals surface area contributed by atoms with Crippen LogP contribution in [0.4, 0.5) is 0 Å². The summed E-state index contributed by atoms with van der Waals surface area (Å²) in [4.78, 5) is 8.27. The molecule has 0 aliphatic carbocycles. The van der Waals surface area contributed by atoms with E-state index in [1.807, 2.05) is 6.92 Å². The molecular formula is C10H11ClN2O. The zero-order chi connectivity index (χ0) is 10.3. The first-order valence-electron chi connectivity index (χ1n) is 4.51. The van der Waals surface area contributed by atoms with Crippen molar-refractivity contribution in [1.82, 2.24) is 9.97 Å². The number of halogens is 1. The summed E-state index contributed by atoms with van der Waals surface area (Å²) in [6, 6.07) is 0. The summed E-state index contributed by atoms with van der Waals surface area (Å²) in [7, 11) is 0. The molecule has 3 nitrogen and oxygen atoms in total. The SMILES string of the molecule is Cc1c(C(C)C)oc2ncc(Cl)nc12. The molecule has 0 aliphatic rings. The van der Waals surface area contributed by atoms with E-state index in [4.69, 9.17) is 16.0 Å². The largest absolute Gasteiger partial charge is 0.441 e. The third-order valence-corrected chi connectivity index (χ3v) is 2.35. The van der Waals surface area contributed by atoms with Gasteiger partial charge in [-0.05, 0) is 6.92 Å². The number of furan rings is 1. The lowest BCUT2D eigenvalue weighted by Crippen LogP contribution is -1.86. The Labute approximate surface area is 87.1 Å². The molecule has 0 saturated heterocycles. The summed E-state index contributed by atoms with van der Waals surface area (Å²) in [5, 5.41) is 0.400. The van der Waals surface area contributed by atoms with Crippen LogP contribution in [0.15, 0.2) is 10.6 Å². The number of aryl methyl sites for hydroxylation is 1. The molecule has 0 radical (unpaired) electrons. The molecule has 0 amide bonds. The van der Waals surface area contributed by atoms with Crippen LogP contribution >= 0.6 is 11.6 Å². The van der Waals surface area contributed by atoms with Crippen molar-refractivity contribution in [3.63, 3.8) is 0 Å². The molecule has 14 heavy (non-hydrogen) atoms. The summed E-state index contributed by atoms with van der Waals surface area (Å²) >= 11 is 5.76. The van der Waals surface area contributed by atoms with Gasteiger partial charge in [0, 0.05) is 11.5 Å². The molecule has 2 heterocycles. The Morgan fingerprint density at radius 3 is 2.79 bits per heavy atom. The standard InChI is InChI=1S/C10H11ClN2O/c1-5(2)9-6(3)8-10(14-9)12-4-7(11)13-8/h4-5H,1-3H3. The van der Waals surface area contributed by atoms with Crippen molar-refractivity contribution in [3.05, 3.63) is 22.7 Å². The minimum atomic E-state index is 0.338. The van der Waals surface area contributed by atoms with E-state index in [1.165, 1.54) is 6.20 Å². The zero-order valence-corrected chi connectivity index (χ0v) is 9.09. The Bertz CT molecular complexity index is 476. The van der Waals surface area contributed by atoms with Crippen LogP contribution < -0.4 is 0 Å². The van der Waals surface area contributed by atoms with Gasteiger partial charge in [-0.1, -0.05) is 25.4 Å². The Morgan fingerprint density at radius 2 is 2.14 bits per heavy atom. The van der Waals surface area contributed by atoms with Crippen molar-refractivity contribution in [2.75, 3.05) is 0 Å². The first-order chi connectivity index (χ1) is 6.59. The monoisotopic (exact) mass is 210 g/mol. The van der Waals surface area contributed by atoms with E-state index >= 15 is 0 Å². The molecule has 0 aromatic carbocycles. The van der Waals surface area contributed by atoms with E-state index in [1.54, 1.807) is 0 Å². The second-order valence-electron chi connectivity index (χ2n) is 3.59. The Hall–Kier alpha value is -1.09. The van der Waals surface area contributed by atoms with Crippen LogP contribution in [0, 0.1) is 6.92 Å². The molecule has 2 aromatic heterocycles. The van der Waals surface area contributed by atoms with E-state index < -0.39 is 0 Å². The normalized spacial score (nSPS) is 11.5. The maximum atomic E-state index is 5.76. The minimum Gasteiger partial charge on any atom is -0.441 e. The number of hydrogen-bond acceptors (Lipinski definition) is 3. The van der Waals surface area contributed by atoms with Gasteiger partial charge in [0.2, 0.25) is 5.71 Å². The highest BCUT2D eigenvalue weighted by Crippen LogP contribution is 2.28. The molecule has 0 fully saturated rings. The van der Waals surface area contributed by atoms with Crippen molar-refractivity contribution in [1.29, 1.82) is 0 Å². The van der Waals surface area contributed by atoms with Crippen molar-refractivity contribution in [2.24, 2.45) is 0 Å². The molecule has 2 aromatic rings. The van der Waals surface area contributed by atoms with Crippen molar-refractivity contribution in [2.45, 2.75) is 26.7 Å². The van der Waals surface area contributed by atoms with E-state index in [0.717, 1.165) is 16.8 Å². The topological polar surface area (TPSA) is 38.9 Å². The summed E-state index contributed by atoms with van der Waals surface area (Å²) in [5.41, 5.74) is 2.36. The molecule has 0 saturated carbocycles. The smallest absolute Gasteiger partial charge is 0.245 e. The molecule has 0 N–H and O–H groups in total. The van der Waals surface area contributed by atoms with E-state index in [-0.39, 0.29) is 0 Å². The van der Waals surface area contributed by atoms with E-state index in [0.29, 0.717) is 16.8 Å². The third-order valence-electron chi connectivity index (χ3n) is 2.17. The van der Waals surface area contributed by atoms with Crippen molar-refractivity contribution < 1.29 is 4.42 Å². The molecule has 4 heteroatoms. The summed E-state index contributed by atoms with van der Waals surface area (Å²) in [5.74, 6) is 1.27. The fourth-order valence-electron chi connectivity index (χ4n) is 1.52. The molecule has 2 rings (SSSR count). The Balaban J connectivity index is 2.74. The minimum absolute atomic E-state index is 0.338.